The molecule has 0 bridgehead atoms. The van der Waals surface area contributed by atoms with Crippen LogP contribution in [0, 0.1) is 0 Å². The highest BCUT2D eigenvalue weighted by atomic mass is 35.5. The Bertz CT molecular complexity index is 962. The predicted octanol–water partition coefficient (Wildman–Crippen LogP) is 4.39. The molecule has 1 aromatic heterocycles. The molecule has 0 saturated carbocycles. The van der Waals surface area contributed by atoms with Crippen molar-refractivity contribution in [2.45, 2.75) is 13.0 Å². The van der Waals surface area contributed by atoms with Gasteiger partial charge in [0, 0.05) is 34.4 Å². The fourth-order valence-electron chi connectivity index (χ4n) is 2.40. The Morgan fingerprint density at radius 1 is 0.964 bits per heavy atom. The van der Waals surface area contributed by atoms with E-state index in [-0.39, 0.29) is 11.8 Å². The summed E-state index contributed by atoms with van der Waals surface area (Å²) >= 11 is 5.84. The van der Waals surface area contributed by atoms with E-state index in [1.165, 1.54) is 0 Å². The van der Waals surface area contributed by atoms with Gasteiger partial charge in [0.15, 0.2) is 6.10 Å². The summed E-state index contributed by atoms with van der Waals surface area (Å²) in [7, 11) is 0. The van der Waals surface area contributed by atoms with Crippen molar-refractivity contribution < 1.29 is 14.3 Å². The second kappa shape index (κ2) is 9.01. The predicted molar refractivity (Wildman–Crippen MR) is 109 cm³/mol. The smallest absolute Gasteiger partial charge is 0.265 e. The van der Waals surface area contributed by atoms with Gasteiger partial charge in [-0.05, 0) is 61.5 Å². The third-order valence-corrected chi connectivity index (χ3v) is 4.08. The highest BCUT2D eigenvalue weighted by Gasteiger charge is 2.15. The van der Waals surface area contributed by atoms with Gasteiger partial charge in [0.1, 0.15) is 5.75 Å². The molecule has 2 amide bonds. The van der Waals surface area contributed by atoms with E-state index in [1.54, 1.807) is 80.0 Å². The molecule has 142 valence electrons. The quantitative estimate of drug-likeness (QED) is 0.648. The van der Waals surface area contributed by atoms with Crippen molar-refractivity contribution in [3.05, 3.63) is 83.6 Å². The number of hydrogen-bond donors (Lipinski definition) is 2. The zero-order valence-corrected chi connectivity index (χ0v) is 15.8. The maximum Gasteiger partial charge on any atom is 0.265 e. The fourth-order valence-corrected chi connectivity index (χ4v) is 2.52. The van der Waals surface area contributed by atoms with Gasteiger partial charge in [0.25, 0.3) is 11.8 Å². The maximum atomic E-state index is 12.4. The third-order valence-electron chi connectivity index (χ3n) is 3.83. The summed E-state index contributed by atoms with van der Waals surface area (Å²) in [5.41, 5.74) is 1.60. The van der Waals surface area contributed by atoms with Crippen molar-refractivity contribution in [1.29, 1.82) is 0 Å². The summed E-state index contributed by atoms with van der Waals surface area (Å²) in [6.07, 6.45) is 2.39. The molecule has 1 unspecified atom stereocenters. The topological polar surface area (TPSA) is 80.3 Å². The number of nitrogens with zero attached hydrogens (tertiary/aromatic N) is 1. The van der Waals surface area contributed by atoms with E-state index in [1.807, 2.05) is 0 Å². The zero-order valence-electron chi connectivity index (χ0n) is 15.1. The molecule has 0 radical (unpaired) electrons. The van der Waals surface area contributed by atoms with Gasteiger partial charge < -0.3 is 15.4 Å². The van der Waals surface area contributed by atoms with Crippen molar-refractivity contribution >= 4 is 34.8 Å². The molecule has 3 aromatic rings. The van der Waals surface area contributed by atoms with Crippen LogP contribution >= 0.6 is 11.6 Å². The third kappa shape index (κ3) is 5.31. The minimum Gasteiger partial charge on any atom is -0.481 e. The van der Waals surface area contributed by atoms with Gasteiger partial charge in [-0.25, -0.2) is 0 Å². The van der Waals surface area contributed by atoms with Crippen LogP contribution in [0.15, 0.2) is 73.1 Å². The second-order valence-corrected chi connectivity index (χ2v) is 6.41. The van der Waals surface area contributed by atoms with Gasteiger partial charge in [0.2, 0.25) is 0 Å². The van der Waals surface area contributed by atoms with Gasteiger partial charge >= 0.3 is 0 Å². The van der Waals surface area contributed by atoms with Crippen LogP contribution in [0.1, 0.15) is 17.3 Å². The molecule has 7 heteroatoms. The van der Waals surface area contributed by atoms with Crippen LogP contribution in [0.2, 0.25) is 5.02 Å². The Morgan fingerprint density at radius 2 is 1.61 bits per heavy atom. The van der Waals surface area contributed by atoms with Crippen LogP contribution in [0.25, 0.3) is 0 Å². The molecule has 6 nitrogen and oxygen atoms in total. The average Bonchev–Trinajstić information content (AvgIpc) is 2.70. The van der Waals surface area contributed by atoms with E-state index in [0.717, 1.165) is 0 Å². The normalized spacial score (nSPS) is 11.4. The standard InChI is InChI=1S/C21H18ClN3O3/c1-14(28-19-7-5-16(22)6-8-19)20(26)24-17-3-2-4-18(13-17)25-21(27)15-9-11-23-12-10-15/h2-14H,1H3,(H,24,26)(H,25,27). The lowest BCUT2D eigenvalue weighted by Crippen LogP contribution is -2.30. The molecule has 28 heavy (non-hydrogen) atoms. The molecule has 1 heterocycles. The lowest BCUT2D eigenvalue weighted by Gasteiger charge is -2.15. The van der Waals surface area contributed by atoms with Crippen molar-refractivity contribution in [2.75, 3.05) is 10.6 Å². The minimum atomic E-state index is -0.712. The number of ether oxygens (including phenoxy) is 1. The molecule has 0 aliphatic heterocycles. The number of benzene rings is 2. The van der Waals surface area contributed by atoms with Gasteiger partial charge in [0.05, 0.1) is 0 Å². The summed E-state index contributed by atoms with van der Waals surface area (Å²) in [6.45, 7) is 1.65. The Labute approximate surface area is 167 Å². The number of carbonyl (C=O) groups excluding carboxylic acids is 2. The Hall–Kier alpha value is -3.38. The summed E-state index contributed by atoms with van der Waals surface area (Å²) in [6, 6.07) is 16.9. The largest absolute Gasteiger partial charge is 0.481 e. The summed E-state index contributed by atoms with van der Waals surface area (Å²) < 4.78 is 5.61. The number of rotatable bonds is 6. The Balaban J connectivity index is 1.61. The van der Waals surface area contributed by atoms with Crippen LogP contribution < -0.4 is 15.4 Å². The number of anilines is 2. The number of halogens is 1. The first kappa shape index (κ1) is 19.4. The van der Waals surface area contributed by atoms with Crippen LogP contribution in [-0.2, 0) is 4.79 Å². The van der Waals surface area contributed by atoms with E-state index in [9.17, 15) is 9.59 Å². The number of amides is 2. The molecule has 0 saturated heterocycles. The van der Waals surface area contributed by atoms with Crippen LogP contribution in [0.5, 0.6) is 5.75 Å². The summed E-state index contributed by atoms with van der Waals surface area (Å²) in [5.74, 6) is -0.0247. The highest BCUT2D eigenvalue weighted by molar-refractivity contribution is 6.30. The first-order chi connectivity index (χ1) is 13.5. The molecule has 1 atom stereocenters. The van der Waals surface area contributed by atoms with E-state index in [4.69, 9.17) is 16.3 Å². The molecule has 0 fully saturated rings. The van der Waals surface area contributed by atoms with E-state index in [0.29, 0.717) is 27.7 Å². The highest BCUT2D eigenvalue weighted by Crippen LogP contribution is 2.19. The van der Waals surface area contributed by atoms with Crippen molar-refractivity contribution in [3.63, 3.8) is 0 Å². The SMILES string of the molecule is CC(Oc1ccc(Cl)cc1)C(=O)Nc1cccc(NC(=O)c2ccncc2)c1. The monoisotopic (exact) mass is 395 g/mol. The maximum absolute atomic E-state index is 12.4. The first-order valence-electron chi connectivity index (χ1n) is 8.56. The molecule has 3 rings (SSSR count). The van der Waals surface area contributed by atoms with Crippen LogP contribution in [0.3, 0.4) is 0 Å². The molecular weight excluding hydrogens is 378 g/mol. The van der Waals surface area contributed by atoms with Crippen molar-refractivity contribution in [2.24, 2.45) is 0 Å². The van der Waals surface area contributed by atoms with Gasteiger partial charge in [-0.15, -0.1) is 0 Å². The molecule has 0 aliphatic rings. The molecular formula is C21H18ClN3O3. The Morgan fingerprint density at radius 3 is 2.29 bits per heavy atom. The number of nitrogens with one attached hydrogen (secondary N) is 2. The van der Waals surface area contributed by atoms with Gasteiger partial charge in [-0.2, -0.15) is 0 Å². The lowest BCUT2D eigenvalue weighted by molar-refractivity contribution is -0.122. The average molecular weight is 396 g/mol. The number of pyridine rings is 1. The first-order valence-corrected chi connectivity index (χ1v) is 8.93. The molecule has 0 aliphatic carbocycles. The second-order valence-electron chi connectivity index (χ2n) is 5.97. The fraction of sp³-hybridized carbons (Fsp3) is 0.0952. The summed E-state index contributed by atoms with van der Waals surface area (Å²) in [4.78, 5) is 28.5. The van der Waals surface area contributed by atoms with Gasteiger partial charge in [-0.1, -0.05) is 17.7 Å². The Kier molecular flexibility index (Phi) is 6.24. The number of aromatic nitrogens is 1. The minimum absolute atomic E-state index is 0.259. The number of carbonyl (C=O) groups is 2. The molecule has 0 spiro atoms. The molecule has 2 N–H and O–H groups in total. The van der Waals surface area contributed by atoms with Crippen molar-refractivity contribution in [1.82, 2.24) is 4.98 Å². The summed E-state index contributed by atoms with van der Waals surface area (Å²) in [5, 5.41) is 6.15. The van der Waals surface area contributed by atoms with E-state index in [2.05, 4.69) is 15.6 Å². The lowest BCUT2D eigenvalue weighted by atomic mass is 10.2. The van der Waals surface area contributed by atoms with Crippen molar-refractivity contribution in [3.8, 4) is 5.75 Å². The zero-order chi connectivity index (χ0) is 19.9. The van der Waals surface area contributed by atoms with Crippen LogP contribution in [0.4, 0.5) is 11.4 Å². The van der Waals surface area contributed by atoms with Gasteiger partial charge in [-0.3, -0.25) is 14.6 Å². The number of hydrogen-bond acceptors (Lipinski definition) is 4. The van der Waals surface area contributed by atoms with Crippen LogP contribution in [-0.4, -0.2) is 22.9 Å². The van der Waals surface area contributed by atoms with E-state index >= 15 is 0 Å². The molecule has 2 aromatic carbocycles. The van der Waals surface area contributed by atoms with E-state index < -0.39 is 6.10 Å².